The predicted molar refractivity (Wildman–Crippen MR) is 47.1 cm³/mol. The van der Waals surface area contributed by atoms with E-state index in [1.165, 1.54) is 37.8 Å². The minimum Gasteiger partial charge on any atom is -0.449 e. The van der Waals surface area contributed by atoms with Crippen LogP contribution in [0.5, 0.6) is 0 Å². The third-order valence-electron chi connectivity index (χ3n) is 2.66. The van der Waals surface area contributed by atoms with Crippen LogP contribution >= 0.6 is 0 Å². The van der Waals surface area contributed by atoms with Crippen LogP contribution in [-0.2, 0) is 0 Å². The van der Waals surface area contributed by atoms with Crippen molar-refractivity contribution in [3.63, 3.8) is 0 Å². The SMILES string of the molecule is Cc1nc(C2CCCCC2)co1. The third-order valence-corrected chi connectivity index (χ3v) is 2.66. The van der Waals surface area contributed by atoms with E-state index in [0.717, 1.165) is 5.89 Å². The molecule has 0 spiro atoms. The van der Waals surface area contributed by atoms with Crippen molar-refractivity contribution in [3.8, 4) is 0 Å². The van der Waals surface area contributed by atoms with Crippen molar-refractivity contribution in [2.75, 3.05) is 0 Å². The maximum atomic E-state index is 5.21. The molecule has 1 saturated carbocycles. The van der Waals surface area contributed by atoms with Gasteiger partial charge in [0.1, 0.15) is 6.26 Å². The van der Waals surface area contributed by atoms with Gasteiger partial charge in [-0.15, -0.1) is 0 Å². The number of rotatable bonds is 1. The zero-order valence-corrected chi connectivity index (χ0v) is 7.55. The van der Waals surface area contributed by atoms with Crippen LogP contribution in [-0.4, -0.2) is 4.98 Å². The molecule has 1 aliphatic rings. The summed E-state index contributed by atoms with van der Waals surface area (Å²) in [6.45, 7) is 1.91. The summed E-state index contributed by atoms with van der Waals surface area (Å²) in [6.07, 6.45) is 8.53. The summed E-state index contributed by atoms with van der Waals surface area (Å²) < 4.78 is 5.21. The van der Waals surface area contributed by atoms with Crippen molar-refractivity contribution >= 4 is 0 Å². The number of hydrogen-bond donors (Lipinski definition) is 0. The van der Waals surface area contributed by atoms with Gasteiger partial charge in [0, 0.05) is 12.8 Å². The molecule has 1 aromatic rings. The molecule has 0 saturated heterocycles. The van der Waals surface area contributed by atoms with Crippen LogP contribution in [0.2, 0.25) is 0 Å². The zero-order valence-electron chi connectivity index (χ0n) is 7.55. The Hall–Kier alpha value is -0.790. The largest absolute Gasteiger partial charge is 0.449 e. The number of aromatic nitrogens is 1. The Morgan fingerprint density at radius 2 is 2.08 bits per heavy atom. The van der Waals surface area contributed by atoms with Gasteiger partial charge in [-0.25, -0.2) is 4.98 Å². The van der Waals surface area contributed by atoms with Gasteiger partial charge >= 0.3 is 0 Å². The highest BCUT2D eigenvalue weighted by Crippen LogP contribution is 2.31. The lowest BCUT2D eigenvalue weighted by Gasteiger charge is -2.18. The number of oxazole rings is 1. The lowest BCUT2D eigenvalue weighted by molar-refractivity contribution is 0.435. The Kier molecular flexibility index (Phi) is 2.15. The lowest BCUT2D eigenvalue weighted by atomic mass is 9.87. The van der Waals surface area contributed by atoms with Crippen LogP contribution < -0.4 is 0 Å². The summed E-state index contributed by atoms with van der Waals surface area (Å²) in [5.41, 5.74) is 1.17. The van der Waals surface area contributed by atoms with Gasteiger partial charge in [0.05, 0.1) is 5.69 Å². The second kappa shape index (κ2) is 3.30. The number of hydrogen-bond acceptors (Lipinski definition) is 2. The molecule has 2 heteroatoms. The minimum atomic E-state index is 0.677. The third kappa shape index (κ3) is 1.52. The van der Waals surface area contributed by atoms with E-state index in [1.54, 1.807) is 0 Å². The van der Waals surface area contributed by atoms with Gasteiger partial charge < -0.3 is 4.42 Å². The Balaban J connectivity index is 2.08. The van der Waals surface area contributed by atoms with Gasteiger partial charge in [-0.3, -0.25) is 0 Å². The first-order valence-electron chi connectivity index (χ1n) is 4.78. The summed E-state index contributed by atoms with van der Waals surface area (Å²) in [5.74, 6) is 1.48. The van der Waals surface area contributed by atoms with Crippen molar-refractivity contribution in [3.05, 3.63) is 17.8 Å². The summed E-state index contributed by atoms with van der Waals surface area (Å²) in [7, 11) is 0. The van der Waals surface area contributed by atoms with Gasteiger partial charge in [-0.05, 0) is 12.8 Å². The van der Waals surface area contributed by atoms with E-state index in [1.807, 2.05) is 13.2 Å². The molecule has 0 aliphatic heterocycles. The van der Waals surface area contributed by atoms with E-state index < -0.39 is 0 Å². The van der Waals surface area contributed by atoms with E-state index in [4.69, 9.17) is 4.42 Å². The summed E-state index contributed by atoms with van der Waals surface area (Å²) in [4.78, 5) is 4.37. The molecule has 1 heterocycles. The molecule has 12 heavy (non-hydrogen) atoms. The fraction of sp³-hybridized carbons (Fsp3) is 0.700. The highest BCUT2D eigenvalue weighted by Gasteiger charge is 2.17. The van der Waals surface area contributed by atoms with Crippen molar-refractivity contribution < 1.29 is 4.42 Å². The van der Waals surface area contributed by atoms with Gasteiger partial charge in [0.2, 0.25) is 0 Å². The average molecular weight is 165 g/mol. The second-order valence-electron chi connectivity index (χ2n) is 3.63. The molecule has 0 unspecified atom stereocenters. The summed E-state index contributed by atoms with van der Waals surface area (Å²) in [5, 5.41) is 0. The topological polar surface area (TPSA) is 26.0 Å². The first-order chi connectivity index (χ1) is 5.86. The molecule has 0 atom stereocenters. The number of aryl methyl sites for hydroxylation is 1. The van der Waals surface area contributed by atoms with Crippen LogP contribution in [0.1, 0.15) is 49.6 Å². The molecule has 0 N–H and O–H groups in total. The maximum absolute atomic E-state index is 5.21. The lowest BCUT2D eigenvalue weighted by Crippen LogP contribution is -2.04. The molecular weight excluding hydrogens is 150 g/mol. The van der Waals surface area contributed by atoms with Gasteiger partial charge in [-0.2, -0.15) is 0 Å². The monoisotopic (exact) mass is 165 g/mol. The van der Waals surface area contributed by atoms with Crippen molar-refractivity contribution in [1.29, 1.82) is 0 Å². The Morgan fingerprint density at radius 1 is 1.33 bits per heavy atom. The van der Waals surface area contributed by atoms with Gasteiger partial charge in [0.25, 0.3) is 0 Å². The smallest absolute Gasteiger partial charge is 0.191 e. The average Bonchev–Trinajstić information content (AvgIpc) is 2.54. The molecule has 0 bridgehead atoms. The van der Waals surface area contributed by atoms with Crippen LogP contribution in [0.4, 0.5) is 0 Å². The van der Waals surface area contributed by atoms with Crippen LogP contribution in [0.3, 0.4) is 0 Å². The highest BCUT2D eigenvalue weighted by molar-refractivity contribution is 5.04. The van der Waals surface area contributed by atoms with Crippen molar-refractivity contribution in [2.45, 2.75) is 44.9 Å². The molecule has 2 nitrogen and oxygen atoms in total. The second-order valence-corrected chi connectivity index (χ2v) is 3.63. The fourth-order valence-corrected chi connectivity index (χ4v) is 1.97. The van der Waals surface area contributed by atoms with Crippen LogP contribution in [0, 0.1) is 6.92 Å². The molecule has 1 aromatic heterocycles. The van der Waals surface area contributed by atoms with E-state index in [-0.39, 0.29) is 0 Å². The fourth-order valence-electron chi connectivity index (χ4n) is 1.97. The predicted octanol–water partition coefficient (Wildman–Crippen LogP) is 3.03. The molecule has 1 aliphatic carbocycles. The minimum absolute atomic E-state index is 0.677. The van der Waals surface area contributed by atoms with Crippen molar-refractivity contribution in [2.24, 2.45) is 0 Å². The van der Waals surface area contributed by atoms with Crippen molar-refractivity contribution in [1.82, 2.24) is 4.98 Å². The molecule has 0 amide bonds. The quantitative estimate of drug-likeness (QED) is 0.639. The molecule has 66 valence electrons. The van der Waals surface area contributed by atoms with E-state index in [9.17, 15) is 0 Å². The van der Waals surface area contributed by atoms with E-state index in [0.29, 0.717) is 5.92 Å². The molecule has 0 radical (unpaired) electrons. The Morgan fingerprint density at radius 3 is 2.67 bits per heavy atom. The van der Waals surface area contributed by atoms with Crippen LogP contribution in [0.15, 0.2) is 10.7 Å². The molecule has 2 rings (SSSR count). The van der Waals surface area contributed by atoms with Crippen LogP contribution in [0.25, 0.3) is 0 Å². The van der Waals surface area contributed by atoms with E-state index >= 15 is 0 Å². The Labute approximate surface area is 73.0 Å². The summed E-state index contributed by atoms with van der Waals surface area (Å²) in [6, 6.07) is 0. The summed E-state index contributed by atoms with van der Waals surface area (Å²) >= 11 is 0. The molecular formula is C10H15NO. The van der Waals surface area contributed by atoms with Gasteiger partial charge in [0.15, 0.2) is 5.89 Å². The molecule has 1 fully saturated rings. The van der Waals surface area contributed by atoms with E-state index in [2.05, 4.69) is 4.98 Å². The maximum Gasteiger partial charge on any atom is 0.191 e. The molecule has 0 aromatic carbocycles. The first-order valence-corrected chi connectivity index (χ1v) is 4.78. The number of nitrogens with zero attached hydrogens (tertiary/aromatic N) is 1. The van der Waals surface area contributed by atoms with Gasteiger partial charge in [-0.1, -0.05) is 19.3 Å². The highest BCUT2D eigenvalue weighted by atomic mass is 16.3. The first kappa shape index (κ1) is 7.84. The Bertz CT molecular complexity index is 248. The zero-order chi connectivity index (χ0) is 8.39. The normalized spacial score (nSPS) is 19.8. The standard InChI is InChI=1S/C10H15NO/c1-8-11-10(7-12-8)9-5-3-2-4-6-9/h7,9H,2-6H2,1H3.